The molecule has 0 aliphatic carbocycles. The van der Waals surface area contributed by atoms with Crippen molar-refractivity contribution in [3.05, 3.63) is 36.2 Å². The number of benzene rings is 1. The zero-order valence-electron chi connectivity index (χ0n) is 12.4. The molecule has 1 aromatic heterocycles. The van der Waals surface area contributed by atoms with Gasteiger partial charge in [-0.2, -0.15) is 0 Å². The van der Waals surface area contributed by atoms with Gasteiger partial charge in [0.1, 0.15) is 5.75 Å². The van der Waals surface area contributed by atoms with Crippen molar-refractivity contribution in [2.45, 2.75) is 19.9 Å². The lowest BCUT2D eigenvalue weighted by Crippen LogP contribution is -2.12. The summed E-state index contributed by atoms with van der Waals surface area (Å²) in [5.41, 5.74) is 1.95. The number of imidazole rings is 1. The van der Waals surface area contributed by atoms with Gasteiger partial charge in [-0.3, -0.25) is 0 Å². The first-order chi connectivity index (χ1) is 9.63. The van der Waals surface area contributed by atoms with E-state index in [-0.39, 0.29) is 6.04 Å². The van der Waals surface area contributed by atoms with E-state index in [4.69, 9.17) is 9.47 Å². The SMILES string of the molecule is COCC(C)n1cc(C)nc1Nc1ccc(OC)cc1. The molecule has 2 aromatic rings. The summed E-state index contributed by atoms with van der Waals surface area (Å²) in [7, 11) is 3.36. The van der Waals surface area contributed by atoms with Gasteiger partial charge >= 0.3 is 0 Å². The van der Waals surface area contributed by atoms with E-state index in [1.54, 1.807) is 14.2 Å². The second kappa shape index (κ2) is 6.43. The number of rotatable bonds is 6. The minimum Gasteiger partial charge on any atom is -0.497 e. The van der Waals surface area contributed by atoms with Crippen molar-refractivity contribution in [1.82, 2.24) is 9.55 Å². The monoisotopic (exact) mass is 275 g/mol. The minimum absolute atomic E-state index is 0.224. The van der Waals surface area contributed by atoms with E-state index in [0.717, 1.165) is 23.1 Å². The molecule has 0 fully saturated rings. The molecule has 0 aliphatic heterocycles. The van der Waals surface area contributed by atoms with Crippen molar-refractivity contribution < 1.29 is 9.47 Å². The minimum atomic E-state index is 0.224. The number of hydrogen-bond acceptors (Lipinski definition) is 4. The maximum absolute atomic E-state index is 5.21. The van der Waals surface area contributed by atoms with E-state index in [0.29, 0.717) is 6.61 Å². The highest BCUT2D eigenvalue weighted by Crippen LogP contribution is 2.22. The lowest BCUT2D eigenvalue weighted by atomic mass is 10.3. The maximum Gasteiger partial charge on any atom is 0.207 e. The summed E-state index contributed by atoms with van der Waals surface area (Å²) in [5.74, 6) is 1.65. The first-order valence-electron chi connectivity index (χ1n) is 6.59. The zero-order valence-corrected chi connectivity index (χ0v) is 12.4. The number of hydrogen-bond donors (Lipinski definition) is 1. The van der Waals surface area contributed by atoms with Crippen LogP contribution in [0.5, 0.6) is 5.75 Å². The number of ether oxygens (including phenoxy) is 2. The van der Waals surface area contributed by atoms with Crippen LogP contribution in [0.1, 0.15) is 18.7 Å². The molecule has 0 bridgehead atoms. The average molecular weight is 275 g/mol. The molecule has 108 valence electrons. The summed E-state index contributed by atoms with van der Waals surface area (Å²) in [6.45, 7) is 4.73. The third kappa shape index (κ3) is 3.30. The summed E-state index contributed by atoms with van der Waals surface area (Å²) < 4.78 is 12.4. The number of nitrogens with zero attached hydrogens (tertiary/aromatic N) is 2. The van der Waals surface area contributed by atoms with Crippen molar-refractivity contribution in [2.24, 2.45) is 0 Å². The van der Waals surface area contributed by atoms with E-state index in [9.17, 15) is 0 Å². The van der Waals surface area contributed by atoms with Crippen LogP contribution in [0.2, 0.25) is 0 Å². The molecule has 5 nitrogen and oxygen atoms in total. The van der Waals surface area contributed by atoms with Crippen LogP contribution in [0.15, 0.2) is 30.5 Å². The van der Waals surface area contributed by atoms with Crippen molar-refractivity contribution in [3.63, 3.8) is 0 Å². The maximum atomic E-state index is 5.21. The third-order valence-corrected chi connectivity index (χ3v) is 3.08. The Hall–Kier alpha value is -2.01. The van der Waals surface area contributed by atoms with Crippen molar-refractivity contribution in [2.75, 3.05) is 26.1 Å². The summed E-state index contributed by atoms with van der Waals surface area (Å²) >= 11 is 0. The lowest BCUT2D eigenvalue weighted by Gasteiger charge is -2.16. The van der Waals surface area contributed by atoms with Gasteiger partial charge in [-0.1, -0.05) is 0 Å². The molecular weight excluding hydrogens is 254 g/mol. The van der Waals surface area contributed by atoms with Gasteiger partial charge in [0.15, 0.2) is 0 Å². The molecule has 5 heteroatoms. The molecule has 0 saturated heterocycles. The normalized spacial score (nSPS) is 12.2. The number of methoxy groups -OCH3 is 2. The Morgan fingerprint density at radius 1 is 1.25 bits per heavy atom. The number of aromatic nitrogens is 2. The molecule has 1 heterocycles. The predicted octanol–water partition coefficient (Wildman–Crippen LogP) is 3.15. The largest absolute Gasteiger partial charge is 0.497 e. The second-order valence-electron chi connectivity index (χ2n) is 4.77. The molecule has 20 heavy (non-hydrogen) atoms. The van der Waals surface area contributed by atoms with Gasteiger partial charge in [-0.25, -0.2) is 4.98 Å². The number of aryl methyl sites for hydroxylation is 1. The fourth-order valence-corrected chi connectivity index (χ4v) is 2.07. The van der Waals surface area contributed by atoms with E-state index in [1.807, 2.05) is 37.4 Å². The van der Waals surface area contributed by atoms with Gasteiger partial charge in [0.05, 0.1) is 25.5 Å². The average Bonchev–Trinajstić information content (AvgIpc) is 2.81. The van der Waals surface area contributed by atoms with Crippen molar-refractivity contribution in [3.8, 4) is 5.75 Å². The van der Waals surface area contributed by atoms with Gasteiger partial charge in [0.25, 0.3) is 0 Å². The molecule has 1 atom stereocenters. The Labute approximate surface area is 119 Å². The zero-order chi connectivity index (χ0) is 14.5. The fourth-order valence-electron chi connectivity index (χ4n) is 2.07. The van der Waals surface area contributed by atoms with Crippen LogP contribution >= 0.6 is 0 Å². The van der Waals surface area contributed by atoms with E-state index in [1.165, 1.54) is 0 Å². The van der Waals surface area contributed by atoms with Crippen LogP contribution < -0.4 is 10.1 Å². The molecule has 2 rings (SSSR count). The fraction of sp³-hybridized carbons (Fsp3) is 0.400. The Morgan fingerprint density at radius 3 is 2.55 bits per heavy atom. The van der Waals surface area contributed by atoms with Crippen LogP contribution in [0.25, 0.3) is 0 Å². The first-order valence-corrected chi connectivity index (χ1v) is 6.59. The summed E-state index contributed by atoms with van der Waals surface area (Å²) in [6.07, 6.45) is 2.02. The van der Waals surface area contributed by atoms with Gasteiger partial charge < -0.3 is 19.4 Å². The standard InChI is InChI=1S/C15H21N3O2/c1-11-9-18(12(2)10-19-3)15(16-11)17-13-5-7-14(20-4)8-6-13/h5-9,12H,10H2,1-4H3,(H,16,17). The summed E-state index contributed by atoms with van der Waals surface area (Å²) in [5, 5.41) is 3.32. The van der Waals surface area contributed by atoms with Gasteiger partial charge in [-0.15, -0.1) is 0 Å². The highest BCUT2D eigenvalue weighted by atomic mass is 16.5. The van der Waals surface area contributed by atoms with Crippen LogP contribution in [-0.4, -0.2) is 30.4 Å². The van der Waals surface area contributed by atoms with Crippen molar-refractivity contribution >= 4 is 11.6 Å². The van der Waals surface area contributed by atoms with Crippen LogP contribution in [-0.2, 0) is 4.74 Å². The molecule has 0 amide bonds. The Balaban J connectivity index is 2.19. The molecule has 0 saturated carbocycles. The summed E-state index contributed by atoms with van der Waals surface area (Å²) in [4.78, 5) is 4.52. The molecule has 0 spiro atoms. The van der Waals surface area contributed by atoms with Gasteiger partial charge in [0.2, 0.25) is 5.95 Å². The van der Waals surface area contributed by atoms with Crippen molar-refractivity contribution in [1.29, 1.82) is 0 Å². The molecular formula is C15H21N3O2. The Morgan fingerprint density at radius 2 is 1.95 bits per heavy atom. The number of nitrogens with one attached hydrogen (secondary N) is 1. The molecule has 1 N–H and O–H groups in total. The third-order valence-electron chi connectivity index (χ3n) is 3.08. The molecule has 1 unspecified atom stereocenters. The molecule has 1 aromatic carbocycles. The molecule has 0 radical (unpaired) electrons. The lowest BCUT2D eigenvalue weighted by molar-refractivity contribution is 0.163. The van der Waals surface area contributed by atoms with Crippen LogP contribution in [0.4, 0.5) is 11.6 Å². The van der Waals surface area contributed by atoms with Gasteiger partial charge in [0, 0.05) is 19.0 Å². The predicted molar refractivity (Wildman–Crippen MR) is 79.8 cm³/mol. The highest BCUT2D eigenvalue weighted by molar-refractivity contribution is 5.55. The smallest absolute Gasteiger partial charge is 0.207 e. The Kier molecular flexibility index (Phi) is 4.63. The van der Waals surface area contributed by atoms with E-state index in [2.05, 4.69) is 21.8 Å². The summed E-state index contributed by atoms with van der Waals surface area (Å²) in [6, 6.07) is 7.99. The molecule has 0 aliphatic rings. The first kappa shape index (κ1) is 14.4. The van der Waals surface area contributed by atoms with Crippen LogP contribution in [0, 0.1) is 6.92 Å². The Bertz CT molecular complexity index is 549. The topological polar surface area (TPSA) is 48.3 Å². The van der Waals surface area contributed by atoms with E-state index >= 15 is 0 Å². The quantitative estimate of drug-likeness (QED) is 0.879. The number of anilines is 2. The van der Waals surface area contributed by atoms with Crippen LogP contribution in [0.3, 0.4) is 0 Å². The van der Waals surface area contributed by atoms with E-state index < -0.39 is 0 Å². The highest BCUT2D eigenvalue weighted by Gasteiger charge is 2.12. The second-order valence-corrected chi connectivity index (χ2v) is 4.77. The van der Waals surface area contributed by atoms with Gasteiger partial charge in [-0.05, 0) is 38.1 Å².